The summed E-state index contributed by atoms with van der Waals surface area (Å²) in [7, 11) is 1.45. The predicted octanol–water partition coefficient (Wildman–Crippen LogP) is 3.16. The van der Waals surface area contributed by atoms with Gasteiger partial charge in [0.05, 0.1) is 24.8 Å². The Labute approximate surface area is 165 Å². The van der Waals surface area contributed by atoms with Crippen LogP contribution in [0.5, 0.6) is 5.75 Å². The van der Waals surface area contributed by atoms with Crippen LogP contribution >= 0.6 is 0 Å². The van der Waals surface area contributed by atoms with Gasteiger partial charge < -0.3 is 15.2 Å². The summed E-state index contributed by atoms with van der Waals surface area (Å²) in [6.45, 7) is 2.67. The number of halogens is 3. The first kappa shape index (κ1) is 22.3. The average molecular weight is 413 g/mol. The molecule has 1 aromatic heterocycles. The molecule has 158 valence electrons. The smallest absolute Gasteiger partial charge is 0.433 e. The molecule has 0 aliphatic heterocycles. The molecule has 7 nitrogen and oxygen atoms in total. The van der Waals surface area contributed by atoms with Gasteiger partial charge in [-0.1, -0.05) is 18.2 Å². The van der Waals surface area contributed by atoms with Crippen molar-refractivity contribution >= 4 is 11.9 Å². The van der Waals surface area contributed by atoms with Gasteiger partial charge in [-0.2, -0.15) is 18.3 Å². The number of carboxylic acids is 1. The van der Waals surface area contributed by atoms with Gasteiger partial charge >= 0.3 is 12.1 Å². The number of rotatable bonds is 8. The Morgan fingerprint density at radius 2 is 1.93 bits per heavy atom. The summed E-state index contributed by atoms with van der Waals surface area (Å²) in [5, 5.41) is 15.4. The number of benzene rings is 1. The lowest BCUT2D eigenvalue weighted by atomic mass is 9.98. The summed E-state index contributed by atoms with van der Waals surface area (Å²) in [6.07, 6.45) is -3.90. The van der Waals surface area contributed by atoms with Crippen LogP contribution in [0, 0.1) is 5.92 Å². The Morgan fingerprint density at radius 1 is 1.28 bits per heavy atom. The van der Waals surface area contributed by atoms with Gasteiger partial charge in [-0.25, -0.2) is 0 Å². The number of nitrogens with zero attached hydrogens (tertiary/aromatic N) is 2. The van der Waals surface area contributed by atoms with E-state index in [-0.39, 0.29) is 13.0 Å². The van der Waals surface area contributed by atoms with Crippen molar-refractivity contribution in [2.24, 2.45) is 5.92 Å². The van der Waals surface area contributed by atoms with Gasteiger partial charge in [-0.15, -0.1) is 0 Å². The summed E-state index contributed by atoms with van der Waals surface area (Å²) in [5.41, 5.74) is -1.20. The molecule has 0 spiro atoms. The quantitative estimate of drug-likeness (QED) is 0.694. The van der Waals surface area contributed by atoms with Crippen molar-refractivity contribution < 1.29 is 32.6 Å². The molecule has 0 bridgehead atoms. The summed E-state index contributed by atoms with van der Waals surface area (Å²) >= 11 is 0. The second kappa shape index (κ2) is 8.97. The van der Waals surface area contributed by atoms with Gasteiger partial charge in [0.1, 0.15) is 5.75 Å². The highest BCUT2D eigenvalue weighted by Crippen LogP contribution is 2.33. The third-order valence-corrected chi connectivity index (χ3v) is 4.31. The zero-order chi connectivity index (χ0) is 21.8. The molecule has 10 heteroatoms. The first-order valence-corrected chi connectivity index (χ1v) is 8.83. The predicted molar refractivity (Wildman–Crippen MR) is 97.8 cm³/mol. The number of carbonyl (C=O) groups is 2. The summed E-state index contributed by atoms with van der Waals surface area (Å²) in [5.74, 6) is -2.78. The van der Waals surface area contributed by atoms with Crippen molar-refractivity contribution in [1.29, 1.82) is 0 Å². The number of nitrogens with one attached hydrogen (secondary N) is 1. The Balaban J connectivity index is 2.19. The third-order valence-electron chi connectivity index (χ3n) is 4.31. The van der Waals surface area contributed by atoms with E-state index in [0.29, 0.717) is 11.3 Å². The lowest BCUT2D eigenvalue weighted by Crippen LogP contribution is -2.35. The van der Waals surface area contributed by atoms with Gasteiger partial charge in [0, 0.05) is 12.6 Å². The minimum Gasteiger partial charge on any atom is -0.496 e. The second-order valence-corrected chi connectivity index (χ2v) is 6.70. The van der Waals surface area contributed by atoms with E-state index >= 15 is 0 Å². The molecule has 1 atom stereocenters. The number of amides is 1. The van der Waals surface area contributed by atoms with Crippen LogP contribution < -0.4 is 10.1 Å². The van der Waals surface area contributed by atoms with Crippen LogP contribution in [0.4, 0.5) is 13.2 Å². The number of methoxy groups -OCH3 is 1. The van der Waals surface area contributed by atoms with E-state index < -0.39 is 41.3 Å². The molecule has 0 saturated carbocycles. The topological polar surface area (TPSA) is 93.5 Å². The molecule has 2 rings (SSSR count). The van der Waals surface area contributed by atoms with E-state index in [1.807, 2.05) is 0 Å². The molecule has 2 N–H and O–H groups in total. The molecule has 2 aromatic rings. The minimum absolute atomic E-state index is 0.0387. The highest BCUT2D eigenvalue weighted by Gasteiger charge is 2.40. The number of hydrogen-bond donors (Lipinski definition) is 2. The first-order chi connectivity index (χ1) is 13.6. The monoisotopic (exact) mass is 413 g/mol. The number of aliphatic carboxylic acids is 1. The molecule has 0 fully saturated rings. The van der Waals surface area contributed by atoms with E-state index in [9.17, 15) is 27.9 Å². The van der Waals surface area contributed by atoms with Gasteiger partial charge in [-0.3, -0.25) is 14.3 Å². The third kappa shape index (κ3) is 5.27. The maximum absolute atomic E-state index is 13.4. The fourth-order valence-electron chi connectivity index (χ4n) is 2.90. The molecular weight excluding hydrogens is 391 g/mol. The molecular formula is C19H22F3N3O4. The number of alkyl halides is 3. The summed E-state index contributed by atoms with van der Waals surface area (Å²) in [6, 6.07) is 6.19. The van der Waals surface area contributed by atoms with Crippen molar-refractivity contribution in [3.63, 3.8) is 0 Å². The molecule has 1 heterocycles. The standard InChI is InChI=1S/C19H22F3N3O4/c1-11(2)25-16(19(20,21)22)14(10-24-25)17(26)23-9-13(18(27)28)8-12-6-4-5-7-15(12)29-3/h4-7,10-11,13H,8-9H2,1-3H3,(H,23,26)(H,27,28)/t13-/m1/s1. The van der Waals surface area contributed by atoms with E-state index in [1.165, 1.54) is 21.0 Å². The molecule has 1 amide bonds. The number of aromatic nitrogens is 2. The van der Waals surface area contributed by atoms with Crippen molar-refractivity contribution in [2.45, 2.75) is 32.5 Å². The number of carboxylic acid groups (broad SMARTS) is 1. The largest absolute Gasteiger partial charge is 0.496 e. The number of para-hydroxylation sites is 1. The maximum atomic E-state index is 13.4. The van der Waals surface area contributed by atoms with E-state index in [1.54, 1.807) is 24.3 Å². The van der Waals surface area contributed by atoms with Crippen LogP contribution in [0.3, 0.4) is 0 Å². The van der Waals surface area contributed by atoms with Gasteiger partial charge in [-0.05, 0) is 31.9 Å². The molecule has 0 saturated heterocycles. The van der Waals surface area contributed by atoms with Crippen molar-refractivity contribution in [3.05, 3.63) is 47.3 Å². The Kier molecular flexibility index (Phi) is 6.89. The van der Waals surface area contributed by atoms with Crippen LogP contribution in [0.25, 0.3) is 0 Å². The van der Waals surface area contributed by atoms with Gasteiger partial charge in [0.15, 0.2) is 5.69 Å². The SMILES string of the molecule is COc1ccccc1C[C@H](CNC(=O)c1cnn(C(C)C)c1C(F)(F)F)C(=O)O. The van der Waals surface area contributed by atoms with Gasteiger partial charge in [0.2, 0.25) is 0 Å². The van der Waals surface area contributed by atoms with Crippen molar-refractivity contribution in [3.8, 4) is 5.75 Å². The normalized spacial score (nSPS) is 12.7. The summed E-state index contributed by atoms with van der Waals surface area (Å²) in [4.78, 5) is 24.0. The molecule has 1 aromatic carbocycles. The van der Waals surface area contributed by atoms with Crippen LogP contribution in [0.2, 0.25) is 0 Å². The first-order valence-electron chi connectivity index (χ1n) is 8.83. The maximum Gasteiger partial charge on any atom is 0.433 e. The number of ether oxygens (including phenoxy) is 1. The van der Waals surface area contributed by atoms with Crippen LogP contribution in [-0.4, -0.2) is 40.4 Å². The van der Waals surface area contributed by atoms with Crippen molar-refractivity contribution in [2.75, 3.05) is 13.7 Å². The van der Waals surface area contributed by atoms with E-state index in [2.05, 4.69) is 10.4 Å². The average Bonchev–Trinajstić information content (AvgIpc) is 3.11. The Bertz CT molecular complexity index is 878. The second-order valence-electron chi connectivity index (χ2n) is 6.70. The van der Waals surface area contributed by atoms with Gasteiger partial charge in [0.25, 0.3) is 5.91 Å². The highest BCUT2D eigenvalue weighted by molar-refractivity contribution is 5.95. The van der Waals surface area contributed by atoms with E-state index in [4.69, 9.17) is 4.74 Å². The number of carbonyl (C=O) groups excluding carboxylic acids is 1. The lowest BCUT2D eigenvalue weighted by molar-refractivity contribution is -0.145. The zero-order valence-corrected chi connectivity index (χ0v) is 16.2. The molecule has 0 aliphatic rings. The van der Waals surface area contributed by atoms with Crippen LogP contribution in [0.15, 0.2) is 30.5 Å². The van der Waals surface area contributed by atoms with E-state index in [0.717, 1.165) is 10.9 Å². The van der Waals surface area contributed by atoms with Crippen LogP contribution in [0.1, 0.15) is 41.5 Å². The van der Waals surface area contributed by atoms with Crippen LogP contribution in [-0.2, 0) is 17.4 Å². The fourth-order valence-corrected chi connectivity index (χ4v) is 2.90. The zero-order valence-electron chi connectivity index (χ0n) is 16.2. The molecule has 0 aliphatic carbocycles. The fraction of sp³-hybridized carbons (Fsp3) is 0.421. The minimum atomic E-state index is -4.78. The summed E-state index contributed by atoms with van der Waals surface area (Å²) < 4.78 is 46.1. The molecule has 29 heavy (non-hydrogen) atoms. The lowest BCUT2D eigenvalue weighted by Gasteiger charge is -2.17. The number of hydrogen-bond acceptors (Lipinski definition) is 4. The Morgan fingerprint density at radius 3 is 2.48 bits per heavy atom. The molecule has 0 unspecified atom stereocenters. The Hall–Kier alpha value is -3.04. The van der Waals surface area contributed by atoms with Crippen molar-refractivity contribution in [1.82, 2.24) is 15.1 Å². The molecule has 0 radical (unpaired) electrons. The highest BCUT2D eigenvalue weighted by atomic mass is 19.4.